The first kappa shape index (κ1) is 21.9. The number of amides is 1. The van der Waals surface area contributed by atoms with Gasteiger partial charge in [-0.3, -0.25) is 4.79 Å². The van der Waals surface area contributed by atoms with E-state index in [1.165, 1.54) is 36.5 Å². The molecular weight excluding hydrogens is 408 g/mol. The minimum atomic E-state index is -3.83. The number of rotatable bonds is 7. The summed E-state index contributed by atoms with van der Waals surface area (Å²) in [4.78, 5) is 11.6. The SMILES string of the molecule is COc1ccc(OC)c([C@H]2CCCN2S(=O)(=O)c2ccc(OC)c(NC(C)=O)c2)c1. The second-order valence-electron chi connectivity index (χ2n) is 6.92. The number of carbonyl (C=O) groups excluding carboxylic acids is 1. The molecule has 1 heterocycles. The number of carbonyl (C=O) groups is 1. The molecule has 30 heavy (non-hydrogen) atoms. The molecule has 1 atom stereocenters. The fraction of sp³-hybridized carbons (Fsp3) is 0.381. The van der Waals surface area contributed by atoms with Crippen molar-refractivity contribution < 1.29 is 27.4 Å². The zero-order chi connectivity index (χ0) is 21.9. The van der Waals surface area contributed by atoms with Gasteiger partial charge in [0, 0.05) is 19.0 Å². The minimum absolute atomic E-state index is 0.0841. The van der Waals surface area contributed by atoms with Crippen molar-refractivity contribution in [1.29, 1.82) is 0 Å². The van der Waals surface area contributed by atoms with Crippen LogP contribution in [0.2, 0.25) is 0 Å². The minimum Gasteiger partial charge on any atom is -0.497 e. The van der Waals surface area contributed by atoms with E-state index in [1.807, 2.05) is 6.07 Å². The summed E-state index contributed by atoms with van der Waals surface area (Å²) in [5.41, 5.74) is 1.06. The normalized spacial score (nSPS) is 16.9. The Labute approximate surface area is 176 Å². The van der Waals surface area contributed by atoms with Crippen molar-refractivity contribution in [3.63, 3.8) is 0 Å². The number of ether oxygens (including phenoxy) is 3. The molecule has 1 aliphatic heterocycles. The van der Waals surface area contributed by atoms with Crippen molar-refractivity contribution >= 4 is 21.6 Å². The van der Waals surface area contributed by atoms with E-state index < -0.39 is 10.0 Å². The van der Waals surface area contributed by atoms with E-state index in [2.05, 4.69) is 5.32 Å². The zero-order valence-electron chi connectivity index (χ0n) is 17.5. The molecule has 0 spiro atoms. The van der Waals surface area contributed by atoms with E-state index in [1.54, 1.807) is 26.4 Å². The molecule has 0 bridgehead atoms. The third-order valence-corrected chi connectivity index (χ3v) is 6.99. The highest BCUT2D eigenvalue weighted by Gasteiger charge is 2.38. The van der Waals surface area contributed by atoms with Crippen LogP contribution in [0.25, 0.3) is 0 Å². The van der Waals surface area contributed by atoms with E-state index in [4.69, 9.17) is 14.2 Å². The number of methoxy groups -OCH3 is 3. The molecule has 162 valence electrons. The fourth-order valence-corrected chi connectivity index (χ4v) is 5.41. The molecule has 0 radical (unpaired) electrons. The van der Waals surface area contributed by atoms with Gasteiger partial charge in [-0.1, -0.05) is 0 Å². The molecule has 1 amide bonds. The lowest BCUT2D eigenvalue weighted by Gasteiger charge is -2.26. The van der Waals surface area contributed by atoms with Gasteiger partial charge in [0.1, 0.15) is 17.2 Å². The quantitative estimate of drug-likeness (QED) is 0.719. The standard InChI is InChI=1S/C21H26N2O6S/c1-14(24)22-18-13-16(8-10-21(18)29-4)30(25,26)23-11-5-6-19(23)17-12-15(27-2)7-9-20(17)28-3/h7-10,12-13,19H,5-6,11H2,1-4H3,(H,22,24)/t19-/m1/s1. The van der Waals surface area contributed by atoms with Gasteiger partial charge in [-0.15, -0.1) is 0 Å². The van der Waals surface area contributed by atoms with E-state index in [0.717, 1.165) is 12.0 Å². The Bertz CT molecular complexity index is 1040. The van der Waals surface area contributed by atoms with Crippen molar-refractivity contribution in [3.05, 3.63) is 42.0 Å². The third kappa shape index (κ3) is 4.22. The van der Waals surface area contributed by atoms with Crippen LogP contribution in [-0.4, -0.2) is 46.5 Å². The van der Waals surface area contributed by atoms with Gasteiger partial charge in [0.2, 0.25) is 15.9 Å². The van der Waals surface area contributed by atoms with Crippen LogP contribution >= 0.6 is 0 Å². The topological polar surface area (TPSA) is 94.2 Å². The van der Waals surface area contributed by atoms with Gasteiger partial charge in [0.05, 0.1) is 38.0 Å². The van der Waals surface area contributed by atoms with Crippen molar-refractivity contribution in [2.75, 3.05) is 33.2 Å². The van der Waals surface area contributed by atoms with Gasteiger partial charge >= 0.3 is 0 Å². The Hall–Kier alpha value is -2.78. The lowest BCUT2D eigenvalue weighted by atomic mass is 10.0. The van der Waals surface area contributed by atoms with Crippen LogP contribution in [0.15, 0.2) is 41.3 Å². The van der Waals surface area contributed by atoms with Gasteiger partial charge in [-0.2, -0.15) is 4.31 Å². The molecule has 0 saturated carbocycles. The first-order valence-corrected chi connectivity index (χ1v) is 10.9. The van der Waals surface area contributed by atoms with Crippen molar-refractivity contribution in [2.24, 2.45) is 0 Å². The summed E-state index contributed by atoms with van der Waals surface area (Å²) in [6, 6.07) is 9.43. The summed E-state index contributed by atoms with van der Waals surface area (Å²) in [5.74, 6) is 1.31. The molecule has 9 heteroatoms. The van der Waals surface area contributed by atoms with Crippen LogP contribution < -0.4 is 19.5 Å². The van der Waals surface area contributed by atoms with E-state index in [-0.39, 0.29) is 16.8 Å². The Balaban J connectivity index is 2.03. The highest BCUT2D eigenvalue weighted by molar-refractivity contribution is 7.89. The van der Waals surface area contributed by atoms with Crippen LogP contribution in [0.4, 0.5) is 5.69 Å². The van der Waals surface area contributed by atoms with Gasteiger partial charge in [0.25, 0.3) is 0 Å². The van der Waals surface area contributed by atoms with Crippen molar-refractivity contribution in [1.82, 2.24) is 4.31 Å². The Kier molecular flexibility index (Phi) is 6.52. The number of sulfonamides is 1. The fourth-order valence-electron chi connectivity index (χ4n) is 3.71. The van der Waals surface area contributed by atoms with E-state index in [0.29, 0.717) is 35.9 Å². The molecular formula is C21H26N2O6S. The first-order chi connectivity index (χ1) is 14.3. The smallest absolute Gasteiger partial charge is 0.243 e. The number of hydrogen-bond acceptors (Lipinski definition) is 6. The summed E-state index contributed by atoms with van der Waals surface area (Å²) < 4.78 is 44.5. The van der Waals surface area contributed by atoms with Gasteiger partial charge < -0.3 is 19.5 Å². The summed E-state index contributed by atoms with van der Waals surface area (Å²) >= 11 is 0. The van der Waals surface area contributed by atoms with Crippen LogP contribution in [0.5, 0.6) is 17.2 Å². The summed E-state index contributed by atoms with van der Waals surface area (Å²) in [6.45, 7) is 1.74. The average Bonchev–Trinajstić information content (AvgIpc) is 3.23. The molecule has 2 aromatic rings. The monoisotopic (exact) mass is 434 g/mol. The van der Waals surface area contributed by atoms with Crippen molar-refractivity contribution in [2.45, 2.75) is 30.7 Å². The van der Waals surface area contributed by atoms with Crippen LogP contribution in [0.1, 0.15) is 31.4 Å². The number of benzene rings is 2. The molecule has 1 fully saturated rings. The van der Waals surface area contributed by atoms with Crippen LogP contribution in [0, 0.1) is 0 Å². The maximum atomic E-state index is 13.5. The molecule has 0 unspecified atom stereocenters. The summed E-state index contributed by atoms with van der Waals surface area (Å²) in [5, 5.41) is 2.62. The zero-order valence-corrected chi connectivity index (χ0v) is 18.3. The Morgan fingerprint density at radius 1 is 1.03 bits per heavy atom. The number of nitrogens with zero attached hydrogens (tertiary/aromatic N) is 1. The summed E-state index contributed by atoms with van der Waals surface area (Å²) in [6.07, 6.45) is 1.39. The van der Waals surface area contributed by atoms with E-state index in [9.17, 15) is 13.2 Å². The Morgan fingerprint density at radius 2 is 1.73 bits per heavy atom. The van der Waals surface area contributed by atoms with Crippen LogP contribution in [-0.2, 0) is 14.8 Å². The molecule has 1 N–H and O–H groups in total. The molecule has 3 rings (SSSR count). The molecule has 8 nitrogen and oxygen atoms in total. The van der Waals surface area contributed by atoms with Gasteiger partial charge in [-0.05, 0) is 49.2 Å². The predicted molar refractivity (Wildman–Crippen MR) is 113 cm³/mol. The van der Waals surface area contributed by atoms with Crippen molar-refractivity contribution in [3.8, 4) is 17.2 Å². The molecule has 0 aromatic heterocycles. The lowest BCUT2D eigenvalue weighted by Crippen LogP contribution is -2.31. The molecule has 2 aromatic carbocycles. The third-order valence-electron chi connectivity index (χ3n) is 5.09. The van der Waals surface area contributed by atoms with Gasteiger partial charge in [0.15, 0.2) is 0 Å². The number of anilines is 1. The Morgan fingerprint density at radius 3 is 2.37 bits per heavy atom. The van der Waals surface area contributed by atoms with Crippen LogP contribution in [0.3, 0.4) is 0 Å². The highest BCUT2D eigenvalue weighted by Crippen LogP contribution is 2.42. The summed E-state index contributed by atoms with van der Waals surface area (Å²) in [7, 11) is 0.748. The second kappa shape index (κ2) is 8.93. The maximum Gasteiger partial charge on any atom is 0.243 e. The molecule has 1 saturated heterocycles. The number of hydrogen-bond donors (Lipinski definition) is 1. The second-order valence-corrected chi connectivity index (χ2v) is 8.82. The van der Waals surface area contributed by atoms with E-state index >= 15 is 0 Å². The predicted octanol–water partition coefficient (Wildman–Crippen LogP) is 3.20. The average molecular weight is 435 g/mol. The maximum absolute atomic E-state index is 13.5. The van der Waals surface area contributed by atoms with Gasteiger partial charge in [-0.25, -0.2) is 8.42 Å². The molecule has 0 aliphatic carbocycles. The lowest BCUT2D eigenvalue weighted by molar-refractivity contribution is -0.114. The first-order valence-electron chi connectivity index (χ1n) is 9.51. The largest absolute Gasteiger partial charge is 0.497 e. The molecule has 1 aliphatic rings. The number of nitrogens with one attached hydrogen (secondary N) is 1. The highest BCUT2D eigenvalue weighted by atomic mass is 32.2.